The Morgan fingerprint density at radius 2 is 0.818 bits per heavy atom. The van der Waals surface area contributed by atoms with Gasteiger partial charge in [-0.25, -0.2) is 0 Å². The summed E-state index contributed by atoms with van der Waals surface area (Å²) in [5.41, 5.74) is 0. The maximum atomic E-state index is 9.87. The van der Waals surface area contributed by atoms with E-state index in [0.29, 0.717) is 0 Å². The Bertz CT molecular complexity index is 87.2. The van der Waals surface area contributed by atoms with Crippen LogP contribution in [0.25, 0.3) is 0 Å². The zero-order valence-corrected chi connectivity index (χ0v) is 7.32. The van der Waals surface area contributed by atoms with E-state index in [-0.39, 0.29) is 18.9 Å². The Kier molecular flexibility index (Phi) is 5.69. The van der Waals surface area contributed by atoms with Crippen LogP contribution in [0.2, 0.25) is 0 Å². The molecule has 0 aliphatic carbocycles. The first-order chi connectivity index (χ1) is 3.86. The van der Waals surface area contributed by atoms with Crippen LogP contribution in [0.15, 0.2) is 0 Å². The van der Waals surface area contributed by atoms with E-state index in [4.69, 9.17) is 0 Å². The van der Waals surface area contributed by atoms with Gasteiger partial charge in [0.25, 0.3) is 0 Å². The molecule has 0 aliphatic heterocycles. The van der Waals surface area contributed by atoms with E-state index in [9.17, 15) is 25.2 Å². The molecule has 0 rings (SSSR count). The van der Waals surface area contributed by atoms with Crippen molar-refractivity contribution in [1.82, 2.24) is 0 Å². The molecule has 0 N–H and O–H groups in total. The summed E-state index contributed by atoms with van der Waals surface area (Å²) in [4.78, 5) is 0. The number of halogens is 6. The second-order valence-corrected chi connectivity index (χ2v) is 3.58. The summed E-state index contributed by atoms with van der Waals surface area (Å²) in [5, 5.41) is 0. The molecule has 0 aromatic heterocycles. The quantitative estimate of drug-likeness (QED) is 0.315. The number of hydrogen-bond donors (Lipinski definition) is 0. The van der Waals surface area contributed by atoms with Gasteiger partial charge in [-0.2, -0.15) is 0 Å². The fourth-order valence-corrected chi connectivity index (χ4v) is 0. The molecule has 0 aromatic carbocycles. The molecule has 0 unspecified atom stereocenters. The first-order valence-electron chi connectivity index (χ1n) is 2.43. The van der Waals surface area contributed by atoms with Gasteiger partial charge >= 0.3 is 51.9 Å². The molecule has 0 heterocycles. The van der Waals surface area contributed by atoms with E-state index in [0.717, 1.165) is 0 Å². The van der Waals surface area contributed by atoms with Gasteiger partial charge in [0.15, 0.2) is 0 Å². The summed E-state index contributed by atoms with van der Waals surface area (Å²) >= 11 is 0. The van der Waals surface area contributed by atoms with Crippen molar-refractivity contribution >= 4 is 7.81 Å². The average molecular weight is 196 g/mol. The second kappa shape index (κ2) is 3.55. The van der Waals surface area contributed by atoms with Gasteiger partial charge in [-0.3, -0.25) is 0 Å². The molecule has 0 spiro atoms. The Labute approximate surface area is 72.8 Å². The van der Waals surface area contributed by atoms with Gasteiger partial charge in [-0.05, 0) is 0 Å². The predicted octanol–water partition coefficient (Wildman–Crippen LogP) is 1.80. The van der Waals surface area contributed by atoms with Crippen LogP contribution >= 0.6 is 7.81 Å². The molecule has 0 nitrogen and oxygen atoms in total. The van der Waals surface area contributed by atoms with Gasteiger partial charge in [0, 0.05) is 0 Å². The molecule has 0 atom stereocenters. The molecule has 0 bridgehead atoms. The van der Waals surface area contributed by atoms with Gasteiger partial charge in [0.2, 0.25) is 0 Å². The van der Waals surface area contributed by atoms with Crippen LogP contribution in [0.3, 0.4) is 0 Å². The zero-order chi connectivity index (χ0) is 9.12. The maximum absolute atomic E-state index is 10.7. The van der Waals surface area contributed by atoms with Crippen LogP contribution < -0.4 is 18.9 Å². The van der Waals surface area contributed by atoms with Crippen LogP contribution in [0.5, 0.6) is 0 Å². The Morgan fingerprint density at radius 1 is 0.818 bits per heavy atom. The number of rotatable bonds is 0. The largest absolute Gasteiger partial charge is 1.00 e. The Hall–Kier alpha value is 0.607. The molecule has 0 aliphatic rings. The summed E-state index contributed by atoms with van der Waals surface area (Å²) in [6.07, 6.45) is 1.25. The van der Waals surface area contributed by atoms with E-state index in [1.807, 2.05) is 0 Å². The third-order valence-electron chi connectivity index (χ3n) is 0. The molecule has 0 aromatic rings. The van der Waals surface area contributed by atoms with Crippen LogP contribution in [0.1, 0.15) is 20.3 Å². The SMILES string of the molecule is CCC.F[P-](F)(F)(F)(F)F.[Li+]. The first-order valence-corrected chi connectivity index (χ1v) is 4.46. The van der Waals surface area contributed by atoms with E-state index < -0.39 is 7.81 Å². The third-order valence-corrected chi connectivity index (χ3v) is 0. The van der Waals surface area contributed by atoms with Crippen molar-refractivity contribution in [2.24, 2.45) is 0 Å². The molecule has 0 amide bonds. The van der Waals surface area contributed by atoms with Gasteiger partial charge in [-0.1, -0.05) is 20.3 Å². The summed E-state index contributed by atoms with van der Waals surface area (Å²) in [7, 11) is -10.7. The molecule has 0 radical (unpaired) electrons. The monoisotopic (exact) mass is 196 g/mol. The minimum Gasteiger partial charge on any atom is 1.00 e. The van der Waals surface area contributed by atoms with Crippen LogP contribution in [0.4, 0.5) is 25.2 Å². The van der Waals surface area contributed by atoms with E-state index in [1.165, 1.54) is 6.42 Å². The van der Waals surface area contributed by atoms with Gasteiger partial charge in [0.05, 0.1) is 0 Å². The molecular weight excluding hydrogens is 188 g/mol. The average Bonchev–Trinajstić information content (AvgIpc) is 1.20. The molecule has 0 saturated carbocycles. The van der Waals surface area contributed by atoms with Crippen molar-refractivity contribution < 1.29 is 44.0 Å². The fourth-order valence-electron chi connectivity index (χ4n) is 0. The van der Waals surface area contributed by atoms with Crippen molar-refractivity contribution in [1.29, 1.82) is 0 Å². The Balaban J connectivity index is -0.000000140. The predicted molar refractivity (Wildman–Crippen MR) is 29.5 cm³/mol. The van der Waals surface area contributed by atoms with E-state index in [1.54, 1.807) is 0 Å². The van der Waals surface area contributed by atoms with Crippen molar-refractivity contribution in [3.63, 3.8) is 0 Å². The molecule has 0 saturated heterocycles. The summed E-state index contributed by atoms with van der Waals surface area (Å²) in [6.45, 7) is 4.25. The van der Waals surface area contributed by atoms with Crippen molar-refractivity contribution in [2.75, 3.05) is 0 Å². The molecule has 8 heteroatoms. The van der Waals surface area contributed by atoms with Crippen LogP contribution in [0, 0.1) is 0 Å². The van der Waals surface area contributed by atoms with Gasteiger partial charge < -0.3 is 0 Å². The minimum absolute atomic E-state index is 0. The molecular formula is C3H8F6LiP. The van der Waals surface area contributed by atoms with Gasteiger partial charge in [0.1, 0.15) is 0 Å². The summed E-state index contributed by atoms with van der Waals surface area (Å²) in [6, 6.07) is 0. The van der Waals surface area contributed by atoms with Crippen LogP contribution in [-0.2, 0) is 0 Å². The minimum atomic E-state index is -10.7. The van der Waals surface area contributed by atoms with Crippen molar-refractivity contribution in [2.45, 2.75) is 20.3 Å². The molecule has 11 heavy (non-hydrogen) atoms. The van der Waals surface area contributed by atoms with Crippen LogP contribution in [-0.4, -0.2) is 0 Å². The number of hydrogen-bond acceptors (Lipinski definition) is 0. The van der Waals surface area contributed by atoms with Crippen molar-refractivity contribution in [3.05, 3.63) is 0 Å². The fraction of sp³-hybridized carbons (Fsp3) is 1.00. The smallest absolute Gasteiger partial charge is 1.00 e. The topological polar surface area (TPSA) is 0 Å². The normalized spacial score (nSPS) is 16.4. The Morgan fingerprint density at radius 3 is 0.818 bits per heavy atom. The summed E-state index contributed by atoms with van der Waals surface area (Å²) < 4.78 is 59.2. The van der Waals surface area contributed by atoms with Gasteiger partial charge in [-0.15, -0.1) is 0 Å². The van der Waals surface area contributed by atoms with E-state index in [2.05, 4.69) is 13.8 Å². The third kappa shape index (κ3) is 2130. The van der Waals surface area contributed by atoms with Crippen molar-refractivity contribution in [3.8, 4) is 0 Å². The summed E-state index contributed by atoms with van der Waals surface area (Å²) in [5.74, 6) is 0. The molecule has 0 fully saturated rings. The maximum Gasteiger partial charge on any atom is 1.00 e. The first kappa shape index (κ1) is 17.6. The second-order valence-electron chi connectivity index (χ2n) is 1.67. The zero-order valence-electron chi connectivity index (χ0n) is 6.42. The van der Waals surface area contributed by atoms with E-state index >= 15 is 0 Å². The molecule has 68 valence electrons. The standard InChI is InChI=1S/C3H8.F6P.Li/c1-3-2;1-7(2,3,4,5)6;/h3H2,1-2H3;;/q;-1;+1.